The summed E-state index contributed by atoms with van der Waals surface area (Å²) in [5, 5.41) is 17.6. The van der Waals surface area contributed by atoms with Crippen LogP contribution in [0.15, 0.2) is 30.5 Å². The molecule has 0 aliphatic carbocycles. The predicted molar refractivity (Wildman–Crippen MR) is 68.3 cm³/mol. The summed E-state index contributed by atoms with van der Waals surface area (Å²) in [7, 11) is 0. The van der Waals surface area contributed by atoms with E-state index in [-0.39, 0.29) is 17.3 Å². The fourth-order valence-corrected chi connectivity index (χ4v) is 1.46. The van der Waals surface area contributed by atoms with E-state index in [0.29, 0.717) is 12.1 Å². The molecule has 1 heterocycles. The van der Waals surface area contributed by atoms with Crippen molar-refractivity contribution in [1.29, 1.82) is 5.41 Å². The standard InChI is InChI=1S/C12H8F2N4O3/c13-7-4-11(8(14)3-10(7)18(19)20)21-6-1-2-9(12(15)16)17-5-6/h1-5H,(H3,15,16). The number of nitro benzene ring substituents is 1. The summed E-state index contributed by atoms with van der Waals surface area (Å²) in [5.74, 6) is -3.01. The maximum atomic E-state index is 13.6. The Morgan fingerprint density at radius 1 is 1.33 bits per heavy atom. The van der Waals surface area contributed by atoms with Gasteiger partial charge in [-0.25, -0.2) is 9.37 Å². The van der Waals surface area contributed by atoms with Gasteiger partial charge in [0.15, 0.2) is 11.6 Å². The summed E-state index contributed by atoms with van der Waals surface area (Å²) >= 11 is 0. The maximum Gasteiger partial charge on any atom is 0.307 e. The monoisotopic (exact) mass is 294 g/mol. The number of benzene rings is 1. The van der Waals surface area contributed by atoms with E-state index in [2.05, 4.69) is 4.98 Å². The van der Waals surface area contributed by atoms with Gasteiger partial charge in [-0.1, -0.05) is 0 Å². The summed E-state index contributed by atoms with van der Waals surface area (Å²) in [4.78, 5) is 13.2. The molecular formula is C12H8F2N4O3. The maximum absolute atomic E-state index is 13.6. The van der Waals surface area contributed by atoms with Crippen molar-refractivity contribution in [2.45, 2.75) is 0 Å². The van der Waals surface area contributed by atoms with Crippen molar-refractivity contribution in [3.05, 3.63) is 57.9 Å². The normalized spacial score (nSPS) is 10.2. The zero-order valence-electron chi connectivity index (χ0n) is 10.3. The van der Waals surface area contributed by atoms with Gasteiger partial charge in [-0.15, -0.1) is 0 Å². The number of nitrogen functional groups attached to an aromatic ring is 1. The van der Waals surface area contributed by atoms with Gasteiger partial charge in [0.25, 0.3) is 0 Å². The van der Waals surface area contributed by atoms with Crippen LogP contribution in [0.2, 0.25) is 0 Å². The van der Waals surface area contributed by atoms with Crippen LogP contribution in [0.25, 0.3) is 0 Å². The van der Waals surface area contributed by atoms with Crippen LogP contribution in [0.1, 0.15) is 5.69 Å². The molecule has 21 heavy (non-hydrogen) atoms. The van der Waals surface area contributed by atoms with Crippen molar-refractivity contribution in [3.63, 3.8) is 0 Å². The Hall–Kier alpha value is -3.10. The molecule has 1 aromatic carbocycles. The number of nitrogens with zero attached hydrogens (tertiary/aromatic N) is 2. The Labute approximate surface area is 116 Å². The van der Waals surface area contributed by atoms with Crippen LogP contribution in [0.5, 0.6) is 11.5 Å². The number of rotatable bonds is 4. The molecule has 1 aromatic heterocycles. The summed E-state index contributed by atoms with van der Waals surface area (Å²) in [5.41, 5.74) is 4.42. The number of hydrogen-bond donors (Lipinski definition) is 2. The molecule has 0 saturated carbocycles. The average Bonchev–Trinajstić information content (AvgIpc) is 2.42. The quantitative estimate of drug-likeness (QED) is 0.388. The Bertz CT molecular complexity index is 719. The Morgan fingerprint density at radius 3 is 2.57 bits per heavy atom. The van der Waals surface area contributed by atoms with Crippen molar-refractivity contribution in [2.24, 2.45) is 5.73 Å². The van der Waals surface area contributed by atoms with E-state index >= 15 is 0 Å². The van der Waals surface area contributed by atoms with Crippen molar-refractivity contribution in [1.82, 2.24) is 4.98 Å². The summed E-state index contributed by atoms with van der Waals surface area (Å²) in [6.07, 6.45) is 1.16. The van der Waals surface area contributed by atoms with Gasteiger partial charge in [0.2, 0.25) is 5.82 Å². The van der Waals surface area contributed by atoms with Crippen LogP contribution in [0.4, 0.5) is 14.5 Å². The molecule has 2 rings (SSSR count). The van der Waals surface area contributed by atoms with Gasteiger partial charge in [0.05, 0.1) is 17.2 Å². The minimum Gasteiger partial charge on any atom is -0.453 e. The minimum atomic E-state index is -1.22. The van der Waals surface area contributed by atoms with Gasteiger partial charge >= 0.3 is 5.69 Å². The van der Waals surface area contributed by atoms with Crippen molar-refractivity contribution in [3.8, 4) is 11.5 Å². The summed E-state index contributed by atoms with van der Waals surface area (Å²) in [6, 6.07) is 3.72. The first-order chi connectivity index (χ1) is 9.88. The molecule has 0 saturated heterocycles. The van der Waals surface area contributed by atoms with Gasteiger partial charge in [-0.05, 0) is 12.1 Å². The predicted octanol–water partition coefficient (Wildman–Crippen LogP) is 2.34. The van der Waals surface area contributed by atoms with Gasteiger partial charge in [-0.2, -0.15) is 4.39 Å². The lowest BCUT2D eigenvalue weighted by Crippen LogP contribution is -2.12. The van der Waals surface area contributed by atoms with Crippen molar-refractivity contribution < 1.29 is 18.4 Å². The molecule has 7 nitrogen and oxygen atoms in total. The number of nitrogens with two attached hydrogens (primary N) is 1. The highest BCUT2D eigenvalue weighted by Crippen LogP contribution is 2.29. The van der Waals surface area contributed by atoms with E-state index < -0.39 is 28.0 Å². The number of nitrogens with one attached hydrogen (secondary N) is 1. The fraction of sp³-hybridized carbons (Fsp3) is 0. The van der Waals surface area contributed by atoms with Gasteiger partial charge in [0.1, 0.15) is 17.3 Å². The van der Waals surface area contributed by atoms with Crippen LogP contribution in [0, 0.1) is 27.2 Å². The van der Waals surface area contributed by atoms with Gasteiger partial charge < -0.3 is 10.5 Å². The Kier molecular flexibility index (Phi) is 3.74. The van der Waals surface area contributed by atoms with Crippen LogP contribution in [-0.2, 0) is 0 Å². The molecule has 108 valence electrons. The number of nitro groups is 1. The first-order valence-electron chi connectivity index (χ1n) is 5.50. The first kappa shape index (κ1) is 14.3. The molecule has 0 aliphatic rings. The average molecular weight is 294 g/mol. The highest BCUT2D eigenvalue weighted by Gasteiger charge is 2.19. The number of aromatic nitrogens is 1. The molecule has 0 unspecified atom stereocenters. The summed E-state index contributed by atoms with van der Waals surface area (Å²) in [6.45, 7) is 0. The molecular weight excluding hydrogens is 286 g/mol. The number of halogens is 2. The van der Waals surface area contributed by atoms with Crippen LogP contribution in [0.3, 0.4) is 0 Å². The molecule has 2 aromatic rings. The zero-order chi connectivity index (χ0) is 15.6. The second-order valence-electron chi connectivity index (χ2n) is 3.89. The molecule has 0 amide bonds. The van der Waals surface area contributed by atoms with Gasteiger partial charge in [0, 0.05) is 6.07 Å². The highest BCUT2D eigenvalue weighted by molar-refractivity contribution is 5.92. The molecule has 9 heteroatoms. The largest absolute Gasteiger partial charge is 0.453 e. The second-order valence-corrected chi connectivity index (χ2v) is 3.89. The number of hydrogen-bond acceptors (Lipinski definition) is 5. The smallest absolute Gasteiger partial charge is 0.307 e. The minimum absolute atomic E-state index is 0.0622. The van der Waals surface area contributed by atoms with Crippen LogP contribution < -0.4 is 10.5 Å². The van der Waals surface area contributed by atoms with E-state index in [1.54, 1.807) is 0 Å². The summed E-state index contributed by atoms with van der Waals surface area (Å²) < 4.78 is 32.1. The zero-order valence-corrected chi connectivity index (χ0v) is 10.3. The molecule has 0 aliphatic heterocycles. The third-order valence-corrected chi connectivity index (χ3v) is 2.44. The topological polar surface area (TPSA) is 115 Å². The fourth-order valence-electron chi connectivity index (χ4n) is 1.46. The molecule has 3 N–H and O–H groups in total. The van der Waals surface area contributed by atoms with E-state index in [1.807, 2.05) is 0 Å². The first-order valence-corrected chi connectivity index (χ1v) is 5.50. The molecule has 0 atom stereocenters. The van der Waals surface area contributed by atoms with E-state index in [0.717, 1.165) is 6.20 Å². The Morgan fingerprint density at radius 2 is 2.05 bits per heavy atom. The second kappa shape index (κ2) is 5.49. The Balaban J connectivity index is 2.29. The number of pyridine rings is 1. The molecule has 0 radical (unpaired) electrons. The van der Waals surface area contributed by atoms with E-state index in [4.69, 9.17) is 15.9 Å². The van der Waals surface area contributed by atoms with E-state index in [9.17, 15) is 18.9 Å². The molecule has 0 fully saturated rings. The highest BCUT2D eigenvalue weighted by atomic mass is 19.1. The van der Waals surface area contributed by atoms with Crippen LogP contribution >= 0.6 is 0 Å². The van der Waals surface area contributed by atoms with Crippen LogP contribution in [-0.4, -0.2) is 15.7 Å². The third-order valence-electron chi connectivity index (χ3n) is 2.44. The lowest BCUT2D eigenvalue weighted by Gasteiger charge is -2.07. The molecule has 0 bridgehead atoms. The lowest BCUT2D eigenvalue weighted by atomic mass is 10.2. The molecule has 0 spiro atoms. The number of ether oxygens (including phenoxy) is 1. The lowest BCUT2D eigenvalue weighted by molar-refractivity contribution is -0.387. The van der Waals surface area contributed by atoms with Crippen molar-refractivity contribution in [2.75, 3.05) is 0 Å². The van der Waals surface area contributed by atoms with E-state index in [1.165, 1.54) is 12.1 Å². The SMILES string of the molecule is N=C(N)c1ccc(Oc2cc(F)c([N+](=O)[O-])cc2F)cn1. The van der Waals surface area contributed by atoms with Gasteiger partial charge in [-0.3, -0.25) is 15.5 Å². The van der Waals surface area contributed by atoms with Crippen molar-refractivity contribution >= 4 is 11.5 Å². The third kappa shape index (κ3) is 3.08. The number of amidine groups is 1.